The Balaban J connectivity index is 1.43. The van der Waals surface area contributed by atoms with E-state index in [2.05, 4.69) is 15.4 Å². The smallest absolute Gasteiger partial charge is 0.177 e. The lowest BCUT2D eigenvalue weighted by molar-refractivity contribution is 0.391. The van der Waals surface area contributed by atoms with Crippen molar-refractivity contribution in [2.24, 2.45) is 5.73 Å². The first-order valence-electron chi connectivity index (χ1n) is 9.92. The number of nitrogens with two attached hydrogens (primary N) is 2. The number of hydrogen-bond donors (Lipinski definition) is 3. The Bertz CT molecular complexity index is 1110. The first-order chi connectivity index (χ1) is 14.2. The number of aromatic nitrogens is 5. The Hall–Kier alpha value is -3.39. The molecule has 1 fully saturated rings. The molecule has 3 aromatic heterocycles. The van der Waals surface area contributed by atoms with Crippen LogP contribution in [0.2, 0.25) is 0 Å². The van der Waals surface area contributed by atoms with Crippen LogP contribution in [0.1, 0.15) is 37.3 Å². The van der Waals surface area contributed by atoms with Crippen LogP contribution in [0.25, 0.3) is 11.3 Å². The van der Waals surface area contributed by atoms with Crippen LogP contribution in [-0.4, -0.2) is 30.2 Å². The second-order valence-corrected chi connectivity index (χ2v) is 7.67. The molecule has 1 aliphatic rings. The summed E-state index contributed by atoms with van der Waals surface area (Å²) in [6.07, 6.45) is 11.7. The van der Waals surface area contributed by atoms with Crippen molar-refractivity contribution in [2.75, 3.05) is 11.1 Å². The topological polar surface area (TPSA) is 112 Å². The SMILES string of the molecule is Nc1cc(Nc2ccc(-n3ccnc3)cc2)c2nc([C@H]3CC[C@H](N)CC3)cn2n1. The van der Waals surface area contributed by atoms with Crippen molar-refractivity contribution in [1.82, 2.24) is 24.1 Å². The van der Waals surface area contributed by atoms with Gasteiger partial charge in [0.25, 0.3) is 0 Å². The normalized spacial score (nSPS) is 19.5. The van der Waals surface area contributed by atoms with E-state index in [0.29, 0.717) is 17.8 Å². The number of imidazole rings is 2. The van der Waals surface area contributed by atoms with Crippen molar-refractivity contribution < 1.29 is 0 Å². The van der Waals surface area contributed by atoms with Crippen LogP contribution in [0.15, 0.2) is 55.2 Å². The molecule has 8 nitrogen and oxygen atoms in total. The van der Waals surface area contributed by atoms with Crippen LogP contribution in [0.4, 0.5) is 17.2 Å². The van der Waals surface area contributed by atoms with E-state index >= 15 is 0 Å². The summed E-state index contributed by atoms with van der Waals surface area (Å²) in [6, 6.07) is 10.3. The molecule has 0 saturated heterocycles. The zero-order valence-electron chi connectivity index (χ0n) is 16.1. The van der Waals surface area contributed by atoms with E-state index in [1.165, 1.54) is 0 Å². The minimum Gasteiger partial charge on any atom is -0.382 e. The first-order valence-corrected chi connectivity index (χ1v) is 9.92. The fourth-order valence-electron chi connectivity index (χ4n) is 4.00. The Kier molecular flexibility index (Phi) is 4.40. The van der Waals surface area contributed by atoms with Crippen molar-refractivity contribution in [1.29, 1.82) is 0 Å². The number of hydrogen-bond acceptors (Lipinski definition) is 6. The fraction of sp³-hybridized carbons (Fsp3) is 0.286. The molecule has 0 unspecified atom stereocenters. The summed E-state index contributed by atoms with van der Waals surface area (Å²) in [5.41, 5.74) is 16.8. The quantitative estimate of drug-likeness (QED) is 0.495. The van der Waals surface area contributed by atoms with Gasteiger partial charge in [0.2, 0.25) is 0 Å². The van der Waals surface area contributed by atoms with Gasteiger partial charge in [0.1, 0.15) is 5.82 Å². The molecule has 0 atom stereocenters. The third-order valence-corrected chi connectivity index (χ3v) is 5.60. The van der Waals surface area contributed by atoms with E-state index in [4.69, 9.17) is 16.5 Å². The molecule has 3 heterocycles. The van der Waals surface area contributed by atoms with Gasteiger partial charge in [-0.05, 0) is 49.9 Å². The maximum absolute atomic E-state index is 6.05. The van der Waals surface area contributed by atoms with Gasteiger partial charge < -0.3 is 21.4 Å². The predicted molar refractivity (Wildman–Crippen MR) is 113 cm³/mol. The van der Waals surface area contributed by atoms with Gasteiger partial charge in [0, 0.05) is 41.8 Å². The monoisotopic (exact) mass is 388 g/mol. The average Bonchev–Trinajstić information content (AvgIpc) is 3.39. The standard InChI is InChI=1S/C21H24N8/c22-15-3-1-14(2-4-15)19-12-29-21(26-19)18(11-20(23)27-29)25-16-5-7-17(8-6-16)28-10-9-24-13-28/h5-15,25H,1-4,22H2,(H2,23,27)/t14-,15-. The molecule has 29 heavy (non-hydrogen) atoms. The predicted octanol–water partition coefficient (Wildman–Crippen LogP) is 3.23. The van der Waals surface area contributed by atoms with Gasteiger partial charge in [-0.15, -0.1) is 5.10 Å². The molecular formula is C21H24N8. The average molecular weight is 388 g/mol. The lowest BCUT2D eigenvalue weighted by Gasteiger charge is -2.24. The molecule has 8 heteroatoms. The van der Waals surface area contributed by atoms with Crippen LogP contribution < -0.4 is 16.8 Å². The van der Waals surface area contributed by atoms with Crippen LogP contribution in [-0.2, 0) is 0 Å². The molecule has 1 aliphatic carbocycles. The van der Waals surface area contributed by atoms with Crippen LogP contribution >= 0.6 is 0 Å². The van der Waals surface area contributed by atoms with E-state index in [9.17, 15) is 0 Å². The van der Waals surface area contributed by atoms with Gasteiger partial charge >= 0.3 is 0 Å². The first kappa shape index (κ1) is 17.7. The van der Waals surface area contributed by atoms with Gasteiger partial charge in [-0.2, -0.15) is 0 Å². The Labute approximate surface area is 168 Å². The molecular weight excluding hydrogens is 364 g/mol. The lowest BCUT2D eigenvalue weighted by Crippen LogP contribution is -2.25. The summed E-state index contributed by atoms with van der Waals surface area (Å²) in [4.78, 5) is 8.97. The van der Waals surface area contributed by atoms with Gasteiger partial charge in [-0.1, -0.05) is 0 Å². The summed E-state index contributed by atoms with van der Waals surface area (Å²) >= 11 is 0. The van der Waals surface area contributed by atoms with Gasteiger partial charge in [-0.3, -0.25) is 0 Å². The van der Waals surface area contributed by atoms with E-state index in [-0.39, 0.29) is 0 Å². The summed E-state index contributed by atoms with van der Waals surface area (Å²) in [5.74, 6) is 0.879. The Morgan fingerprint density at radius 1 is 1.07 bits per heavy atom. The van der Waals surface area contributed by atoms with E-state index in [1.807, 2.05) is 47.3 Å². The molecule has 1 saturated carbocycles. The third-order valence-electron chi connectivity index (χ3n) is 5.60. The van der Waals surface area contributed by atoms with Crippen LogP contribution in [0, 0.1) is 0 Å². The zero-order valence-corrected chi connectivity index (χ0v) is 16.1. The van der Waals surface area contributed by atoms with E-state index in [1.54, 1.807) is 17.0 Å². The zero-order chi connectivity index (χ0) is 19.8. The van der Waals surface area contributed by atoms with E-state index in [0.717, 1.165) is 54.1 Å². The number of nitrogen functional groups attached to an aromatic ring is 1. The van der Waals surface area contributed by atoms with Crippen molar-refractivity contribution in [3.8, 4) is 5.69 Å². The van der Waals surface area contributed by atoms with Gasteiger partial charge in [0.05, 0.1) is 23.9 Å². The molecule has 0 amide bonds. The molecule has 1 aromatic carbocycles. The summed E-state index contributed by atoms with van der Waals surface area (Å²) < 4.78 is 3.74. The molecule has 0 spiro atoms. The van der Waals surface area contributed by atoms with Crippen LogP contribution in [0.3, 0.4) is 0 Å². The summed E-state index contributed by atoms with van der Waals surface area (Å²) in [7, 11) is 0. The largest absolute Gasteiger partial charge is 0.382 e. The molecule has 4 aromatic rings. The summed E-state index contributed by atoms with van der Waals surface area (Å²) in [5, 5.41) is 7.85. The second kappa shape index (κ2) is 7.21. The number of fused-ring (bicyclic) bond motifs is 1. The highest BCUT2D eigenvalue weighted by atomic mass is 15.3. The van der Waals surface area contributed by atoms with E-state index < -0.39 is 0 Å². The maximum atomic E-state index is 6.05. The number of benzene rings is 1. The Morgan fingerprint density at radius 2 is 1.86 bits per heavy atom. The van der Waals surface area contributed by atoms with Crippen molar-refractivity contribution in [2.45, 2.75) is 37.6 Å². The number of anilines is 3. The lowest BCUT2D eigenvalue weighted by atomic mass is 9.85. The van der Waals surface area contributed by atoms with Crippen molar-refractivity contribution in [3.63, 3.8) is 0 Å². The van der Waals surface area contributed by atoms with Crippen molar-refractivity contribution in [3.05, 3.63) is 60.9 Å². The minimum absolute atomic E-state index is 0.319. The van der Waals surface area contributed by atoms with Crippen LogP contribution in [0.5, 0.6) is 0 Å². The fourth-order valence-corrected chi connectivity index (χ4v) is 4.00. The minimum atomic E-state index is 0.319. The Morgan fingerprint density at radius 3 is 2.59 bits per heavy atom. The molecule has 0 bridgehead atoms. The molecule has 0 radical (unpaired) electrons. The second-order valence-electron chi connectivity index (χ2n) is 7.67. The molecule has 148 valence electrons. The summed E-state index contributed by atoms with van der Waals surface area (Å²) in [6.45, 7) is 0. The van der Waals surface area contributed by atoms with Gasteiger partial charge in [-0.25, -0.2) is 14.5 Å². The highest BCUT2D eigenvalue weighted by molar-refractivity contribution is 5.76. The molecule has 0 aliphatic heterocycles. The van der Waals surface area contributed by atoms with Gasteiger partial charge in [0.15, 0.2) is 5.65 Å². The van der Waals surface area contributed by atoms with Crippen molar-refractivity contribution >= 4 is 22.8 Å². The molecule has 5 rings (SSSR count). The highest BCUT2D eigenvalue weighted by Crippen LogP contribution is 2.33. The highest BCUT2D eigenvalue weighted by Gasteiger charge is 2.23. The molecule has 5 N–H and O–H groups in total. The maximum Gasteiger partial charge on any atom is 0.177 e. The number of nitrogens with zero attached hydrogens (tertiary/aromatic N) is 5. The number of nitrogens with one attached hydrogen (secondary N) is 1. The third kappa shape index (κ3) is 3.54. The number of rotatable bonds is 4.